The second kappa shape index (κ2) is 7.99. The molecule has 2 aromatic rings. The van der Waals surface area contributed by atoms with Gasteiger partial charge in [-0.1, -0.05) is 29.8 Å². The average molecular weight is 398 g/mol. The molecule has 0 aromatic heterocycles. The summed E-state index contributed by atoms with van der Waals surface area (Å²) in [6.45, 7) is 0.983. The van der Waals surface area contributed by atoms with Gasteiger partial charge in [0.2, 0.25) is 10.0 Å². The molecule has 1 aliphatic heterocycles. The van der Waals surface area contributed by atoms with E-state index in [0.717, 1.165) is 22.8 Å². The molecule has 1 heterocycles. The first-order valence-electron chi connectivity index (χ1n) is 8.02. The quantitative estimate of drug-likeness (QED) is 0.775. The van der Waals surface area contributed by atoms with E-state index in [2.05, 4.69) is 0 Å². The third kappa shape index (κ3) is 4.14. The molecule has 2 aromatic carbocycles. The highest BCUT2D eigenvalue weighted by Crippen LogP contribution is 2.38. The molecule has 0 spiro atoms. The van der Waals surface area contributed by atoms with E-state index in [1.54, 1.807) is 47.4 Å². The summed E-state index contributed by atoms with van der Waals surface area (Å²) < 4.78 is 32.5. The van der Waals surface area contributed by atoms with Crippen molar-refractivity contribution in [2.24, 2.45) is 0 Å². The maximum absolute atomic E-state index is 12.9. The van der Waals surface area contributed by atoms with E-state index in [-0.39, 0.29) is 5.25 Å². The van der Waals surface area contributed by atoms with Gasteiger partial charge in [-0.05, 0) is 42.3 Å². The van der Waals surface area contributed by atoms with Crippen molar-refractivity contribution in [1.82, 2.24) is 4.31 Å². The Morgan fingerprint density at radius 2 is 1.84 bits per heavy atom. The number of benzene rings is 2. The minimum atomic E-state index is -3.49. The Morgan fingerprint density at radius 1 is 1.12 bits per heavy atom. The summed E-state index contributed by atoms with van der Waals surface area (Å²) in [4.78, 5) is 0.300. The van der Waals surface area contributed by atoms with Gasteiger partial charge in [0.05, 0.1) is 12.0 Å². The maximum Gasteiger partial charge on any atom is 0.243 e. The highest BCUT2D eigenvalue weighted by Gasteiger charge is 2.28. The molecule has 1 saturated heterocycles. The van der Waals surface area contributed by atoms with Crippen molar-refractivity contribution in [3.8, 4) is 5.75 Å². The van der Waals surface area contributed by atoms with E-state index >= 15 is 0 Å². The maximum atomic E-state index is 12.9. The van der Waals surface area contributed by atoms with Gasteiger partial charge >= 0.3 is 0 Å². The van der Waals surface area contributed by atoms with Crippen molar-refractivity contribution < 1.29 is 13.2 Å². The van der Waals surface area contributed by atoms with E-state index in [0.29, 0.717) is 23.7 Å². The topological polar surface area (TPSA) is 46.6 Å². The molecule has 1 aliphatic rings. The Kier molecular flexibility index (Phi) is 5.94. The zero-order valence-electron chi connectivity index (χ0n) is 13.9. The van der Waals surface area contributed by atoms with Crippen LogP contribution in [0.3, 0.4) is 0 Å². The highest BCUT2D eigenvalue weighted by atomic mass is 35.5. The SMILES string of the molecule is COc1ccc(S(=O)(=O)N2CCSC(c3ccccc3Cl)CC2)cc1. The van der Waals surface area contributed by atoms with Gasteiger partial charge in [0, 0.05) is 29.1 Å². The molecule has 1 fully saturated rings. The van der Waals surface area contributed by atoms with E-state index in [1.165, 1.54) is 0 Å². The third-order valence-corrected chi connectivity index (χ3v) is 7.82. The van der Waals surface area contributed by atoms with Crippen LogP contribution in [0.25, 0.3) is 0 Å². The van der Waals surface area contributed by atoms with Gasteiger partial charge < -0.3 is 4.74 Å². The zero-order valence-corrected chi connectivity index (χ0v) is 16.3. The number of hydrogen-bond donors (Lipinski definition) is 0. The molecule has 0 aliphatic carbocycles. The molecule has 0 radical (unpaired) electrons. The number of rotatable bonds is 4. The first-order valence-corrected chi connectivity index (χ1v) is 10.9. The lowest BCUT2D eigenvalue weighted by molar-refractivity contribution is 0.413. The lowest BCUT2D eigenvalue weighted by Crippen LogP contribution is -2.33. The molecule has 1 unspecified atom stereocenters. The van der Waals surface area contributed by atoms with Crippen molar-refractivity contribution in [1.29, 1.82) is 0 Å². The van der Waals surface area contributed by atoms with Gasteiger partial charge in [0.15, 0.2) is 0 Å². The molecule has 4 nitrogen and oxygen atoms in total. The van der Waals surface area contributed by atoms with Crippen molar-refractivity contribution in [3.05, 3.63) is 59.1 Å². The van der Waals surface area contributed by atoms with E-state index in [9.17, 15) is 8.42 Å². The second-order valence-corrected chi connectivity index (χ2v) is 9.40. The summed E-state index contributed by atoms with van der Waals surface area (Å²) in [6.07, 6.45) is 0.740. The fraction of sp³-hybridized carbons (Fsp3) is 0.333. The molecule has 0 amide bonds. The van der Waals surface area contributed by atoms with Crippen LogP contribution in [0.4, 0.5) is 0 Å². The molecule has 3 rings (SSSR count). The predicted molar refractivity (Wildman–Crippen MR) is 103 cm³/mol. The Labute approximate surface area is 158 Å². The van der Waals surface area contributed by atoms with Gasteiger partial charge in [0.1, 0.15) is 5.75 Å². The Hall–Kier alpha value is -1.21. The number of halogens is 1. The van der Waals surface area contributed by atoms with Gasteiger partial charge in [0.25, 0.3) is 0 Å². The molecule has 0 bridgehead atoms. The first-order chi connectivity index (χ1) is 12.0. The number of thioether (sulfide) groups is 1. The highest BCUT2D eigenvalue weighted by molar-refractivity contribution is 7.99. The fourth-order valence-electron chi connectivity index (χ4n) is 2.87. The zero-order chi connectivity index (χ0) is 17.9. The third-order valence-electron chi connectivity index (χ3n) is 4.25. The summed E-state index contributed by atoms with van der Waals surface area (Å²) in [5, 5.41) is 0.955. The summed E-state index contributed by atoms with van der Waals surface area (Å²) in [7, 11) is -1.93. The van der Waals surface area contributed by atoms with Crippen LogP contribution in [0.15, 0.2) is 53.4 Å². The molecule has 7 heteroatoms. The molecular formula is C18H20ClNO3S2. The smallest absolute Gasteiger partial charge is 0.243 e. The first kappa shape index (κ1) is 18.6. The van der Waals surface area contributed by atoms with E-state index < -0.39 is 10.0 Å². The van der Waals surface area contributed by atoms with Crippen LogP contribution in [0.5, 0.6) is 5.75 Å². The molecule has 0 saturated carbocycles. The summed E-state index contributed by atoms with van der Waals surface area (Å²) >= 11 is 8.07. The molecular weight excluding hydrogens is 378 g/mol. The largest absolute Gasteiger partial charge is 0.497 e. The number of sulfonamides is 1. The van der Waals surface area contributed by atoms with Crippen LogP contribution in [0, 0.1) is 0 Å². The van der Waals surface area contributed by atoms with Crippen LogP contribution >= 0.6 is 23.4 Å². The summed E-state index contributed by atoms with van der Waals surface area (Å²) in [5.74, 6) is 1.38. The van der Waals surface area contributed by atoms with Crippen molar-refractivity contribution >= 4 is 33.4 Å². The summed E-state index contributed by atoms with van der Waals surface area (Å²) in [5.41, 5.74) is 1.08. The summed E-state index contributed by atoms with van der Waals surface area (Å²) in [6, 6.07) is 14.3. The standard InChI is InChI=1S/C18H20ClNO3S2/c1-23-14-6-8-15(9-7-14)25(21,22)20-11-10-18(24-13-12-20)16-4-2-3-5-17(16)19/h2-9,18H,10-13H2,1H3. The van der Waals surface area contributed by atoms with Gasteiger partial charge in [-0.25, -0.2) is 8.42 Å². The molecule has 1 atom stereocenters. The monoisotopic (exact) mass is 397 g/mol. The average Bonchev–Trinajstić information content (AvgIpc) is 2.89. The Morgan fingerprint density at radius 3 is 2.52 bits per heavy atom. The lowest BCUT2D eigenvalue weighted by atomic mass is 10.1. The van der Waals surface area contributed by atoms with E-state index in [1.807, 2.05) is 24.3 Å². The second-order valence-electron chi connectivity index (χ2n) is 5.75. The van der Waals surface area contributed by atoms with Gasteiger partial charge in [-0.2, -0.15) is 16.1 Å². The normalized spacial score (nSPS) is 19.4. The minimum absolute atomic E-state index is 0.213. The lowest BCUT2D eigenvalue weighted by Gasteiger charge is -2.20. The Balaban J connectivity index is 1.76. The van der Waals surface area contributed by atoms with Crippen LogP contribution in [0.2, 0.25) is 5.02 Å². The van der Waals surface area contributed by atoms with Crippen LogP contribution < -0.4 is 4.74 Å². The van der Waals surface area contributed by atoms with Crippen LogP contribution in [-0.2, 0) is 10.0 Å². The van der Waals surface area contributed by atoms with Crippen LogP contribution in [0.1, 0.15) is 17.2 Å². The number of nitrogens with zero attached hydrogens (tertiary/aromatic N) is 1. The van der Waals surface area contributed by atoms with Crippen molar-refractivity contribution in [2.75, 3.05) is 26.0 Å². The van der Waals surface area contributed by atoms with Gasteiger partial charge in [-0.15, -0.1) is 0 Å². The van der Waals surface area contributed by atoms with Crippen LogP contribution in [-0.4, -0.2) is 38.7 Å². The number of ether oxygens (including phenoxy) is 1. The number of methoxy groups -OCH3 is 1. The fourth-order valence-corrected chi connectivity index (χ4v) is 6.04. The number of hydrogen-bond acceptors (Lipinski definition) is 4. The molecule has 0 N–H and O–H groups in total. The van der Waals surface area contributed by atoms with Crippen molar-refractivity contribution in [3.63, 3.8) is 0 Å². The molecule has 134 valence electrons. The predicted octanol–water partition coefficient (Wildman–Crippen LogP) is 4.22. The molecule has 25 heavy (non-hydrogen) atoms. The minimum Gasteiger partial charge on any atom is -0.497 e. The van der Waals surface area contributed by atoms with E-state index in [4.69, 9.17) is 16.3 Å². The Bertz CT molecular complexity index is 824. The van der Waals surface area contributed by atoms with Gasteiger partial charge in [-0.3, -0.25) is 0 Å². The van der Waals surface area contributed by atoms with Crippen molar-refractivity contribution in [2.45, 2.75) is 16.6 Å².